The topological polar surface area (TPSA) is 46.2 Å². The van der Waals surface area contributed by atoms with E-state index in [9.17, 15) is 5.11 Å². The van der Waals surface area contributed by atoms with E-state index in [-0.39, 0.29) is 5.92 Å². The van der Waals surface area contributed by atoms with Crippen molar-refractivity contribution in [2.24, 2.45) is 11.7 Å². The number of hydrogen-bond acceptors (Lipinski definition) is 2. The lowest BCUT2D eigenvalue weighted by Gasteiger charge is -2.33. The fourth-order valence-corrected chi connectivity index (χ4v) is 1.20. The summed E-state index contributed by atoms with van der Waals surface area (Å²) in [4.78, 5) is 0. The van der Waals surface area contributed by atoms with Crippen LogP contribution in [-0.4, -0.2) is 10.7 Å². The predicted molar refractivity (Wildman–Crippen MR) is 41.3 cm³/mol. The Balaban J connectivity index is 2.70. The highest BCUT2D eigenvalue weighted by Crippen LogP contribution is 2.30. The van der Waals surface area contributed by atoms with E-state index in [2.05, 4.69) is 0 Å². The Labute approximate surface area is 61.7 Å². The average molecular weight is 141 g/mol. The first kappa shape index (κ1) is 7.61. The van der Waals surface area contributed by atoms with E-state index in [1.54, 1.807) is 0 Å². The molecule has 2 unspecified atom stereocenters. The van der Waals surface area contributed by atoms with E-state index >= 15 is 0 Å². The molecule has 0 bridgehead atoms. The van der Waals surface area contributed by atoms with Crippen molar-refractivity contribution >= 4 is 0 Å². The van der Waals surface area contributed by atoms with Gasteiger partial charge in [-0.3, -0.25) is 0 Å². The van der Waals surface area contributed by atoms with E-state index in [1.807, 2.05) is 19.9 Å². The summed E-state index contributed by atoms with van der Waals surface area (Å²) >= 11 is 0. The number of hydrogen-bond donors (Lipinski definition) is 2. The van der Waals surface area contributed by atoms with Gasteiger partial charge in [-0.15, -0.1) is 0 Å². The molecule has 0 aromatic heterocycles. The molecule has 0 amide bonds. The zero-order valence-corrected chi connectivity index (χ0v) is 6.59. The summed E-state index contributed by atoms with van der Waals surface area (Å²) < 4.78 is 0. The lowest BCUT2D eigenvalue weighted by atomic mass is 9.80. The summed E-state index contributed by atoms with van der Waals surface area (Å²) in [5, 5.41) is 9.66. The Morgan fingerprint density at radius 1 is 1.80 bits per heavy atom. The number of allylic oxidation sites excluding steroid dienone is 1. The van der Waals surface area contributed by atoms with Gasteiger partial charge in [-0.2, -0.15) is 0 Å². The van der Waals surface area contributed by atoms with Crippen LogP contribution in [0.4, 0.5) is 0 Å². The SMILES string of the molecule is CC1CC(N)=CCC1(C)O. The van der Waals surface area contributed by atoms with Gasteiger partial charge in [-0.25, -0.2) is 0 Å². The van der Waals surface area contributed by atoms with E-state index in [1.165, 1.54) is 0 Å². The maximum Gasteiger partial charge on any atom is 0.0683 e. The van der Waals surface area contributed by atoms with Gasteiger partial charge in [0, 0.05) is 5.70 Å². The fourth-order valence-electron chi connectivity index (χ4n) is 1.20. The lowest BCUT2D eigenvalue weighted by molar-refractivity contribution is 0.00355. The van der Waals surface area contributed by atoms with E-state index in [0.717, 1.165) is 12.1 Å². The molecule has 0 spiro atoms. The van der Waals surface area contributed by atoms with Crippen LogP contribution in [0.2, 0.25) is 0 Å². The van der Waals surface area contributed by atoms with Crippen LogP contribution in [0.25, 0.3) is 0 Å². The molecule has 0 fully saturated rings. The van der Waals surface area contributed by atoms with Crippen molar-refractivity contribution in [1.29, 1.82) is 0 Å². The van der Waals surface area contributed by atoms with Crippen LogP contribution in [0.3, 0.4) is 0 Å². The Bertz CT molecular complexity index is 161. The summed E-state index contributed by atoms with van der Waals surface area (Å²) in [6.45, 7) is 3.89. The van der Waals surface area contributed by atoms with Gasteiger partial charge in [-0.1, -0.05) is 13.0 Å². The molecule has 1 rings (SSSR count). The smallest absolute Gasteiger partial charge is 0.0683 e. The molecule has 2 nitrogen and oxygen atoms in total. The first-order valence-corrected chi connectivity index (χ1v) is 3.69. The summed E-state index contributed by atoms with van der Waals surface area (Å²) in [6.07, 6.45) is 3.44. The molecule has 2 atom stereocenters. The van der Waals surface area contributed by atoms with Gasteiger partial charge in [0.2, 0.25) is 0 Å². The third kappa shape index (κ3) is 1.32. The molecule has 2 heteroatoms. The van der Waals surface area contributed by atoms with Gasteiger partial charge in [0.05, 0.1) is 5.60 Å². The Morgan fingerprint density at radius 3 is 2.80 bits per heavy atom. The molecule has 3 N–H and O–H groups in total. The molecule has 1 aliphatic rings. The van der Waals surface area contributed by atoms with E-state index < -0.39 is 5.60 Å². The van der Waals surface area contributed by atoms with Crippen LogP contribution in [0.1, 0.15) is 26.7 Å². The highest BCUT2D eigenvalue weighted by Gasteiger charge is 2.30. The van der Waals surface area contributed by atoms with Crippen LogP contribution in [-0.2, 0) is 0 Å². The molecule has 0 saturated heterocycles. The summed E-state index contributed by atoms with van der Waals surface area (Å²) in [7, 11) is 0. The van der Waals surface area contributed by atoms with Crippen LogP contribution in [0.15, 0.2) is 11.8 Å². The molecule has 58 valence electrons. The van der Waals surface area contributed by atoms with Crippen molar-refractivity contribution in [3.8, 4) is 0 Å². The minimum atomic E-state index is -0.539. The second-order valence-electron chi connectivity index (χ2n) is 3.45. The monoisotopic (exact) mass is 141 g/mol. The van der Waals surface area contributed by atoms with Crippen LogP contribution in [0, 0.1) is 5.92 Å². The largest absolute Gasteiger partial charge is 0.402 e. The quantitative estimate of drug-likeness (QED) is 0.529. The van der Waals surface area contributed by atoms with E-state index in [0.29, 0.717) is 6.42 Å². The van der Waals surface area contributed by atoms with Crippen molar-refractivity contribution in [3.63, 3.8) is 0 Å². The maximum absolute atomic E-state index is 9.66. The summed E-state index contributed by atoms with van der Waals surface area (Å²) in [5.74, 6) is 0.289. The second kappa shape index (κ2) is 2.27. The van der Waals surface area contributed by atoms with E-state index in [4.69, 9.17) is 5.73 Å². The molecule has 0 saturated carbocycles. The standard InChI is InChI=1S/C8H15NO/c1-6-5-7(9)3-4-8(6,2)10/h3,6,10H,4-5,9H2,1-2H3. The second-order valence-corrected chi connectivity index (χ2v) is 3.45. The first-order chi connectivity index (χ1) is 4.52. The van der Waals surface area contributed by atoms with Crippen molar-refractivity contribution in [2.45, 2.75) is 32.3 Å². The number of rotatable bonds is 0. The van der Waals surface area contributed by atoms with Gasteiger partial charge >= 0.3 is 0 Å². The zero-order chi connectivity index (χ0) is 7.78. The maximum atomic E-state index is 9.66. The molecule has 0 heterocycles. The van der Waals surface area contributed by atoms with Gasteiger partial charge < -0.3 is 10.8 Å². The predicted octanol–water partition coefficient (Wildman–Crippen LogP) is 1.01. The van der Waals surface area contributed by atoms with Crippen molar-refractivity contribution in [2.75, 3.05) is 0 Å². The average Bonchev–Trinajstić information content (AvgIpc) is 1.81. The third-order valence-corrected chi connectivity index (χ3v) is 2.38. The number of nitrogens with two attached hydrogens (primary N) is 1. The highest BCUT2D eigenvalue weighted by molar-refractivity contribution is 5.08. The molecular weight excluding hydrogens is 126 g/mol. The fraction of sp³-hybridized carbons (Fsp3) is 0.750. The molecular formula is C8H15NO. The molecule has 1 aliphatic carbocycles. The van der Waals surface area contributed by atoms with Gasteiger partial charge in [0.25, 0.3) is 0 Å². The van der Waals surface area contributed by atoms with Crippen LogP contribution < -0.4 is 5.73 Å². The number of aliphatic hydroxyl groups is 1. The van der Waals surface area contributed by atoms with Crippen LogP contribution in [0.5, 0.6) is 0 Å². The van der Waals surface area contributed by atoms with Gasteiger partial charge in [0.1, 0.15) is 0 Å². The first-order valence-electron chi connectivity index (χ1n) is 3.69. The Hall–Kier alpha value is -0.500. The van der Waals surface area contributed by atoms with Crippen molar-refractivity contribution in [3.05, 3.63) is 11.8 Å². The Kier molecular flexibility index (Phi) is 1.73. The van der Waals surface area contributed by atoms with Crippen LogP contribution >= 0.6 is 0 Å². The summed E-state index contributed by atoms with van der Waals surface area (Å²) in [6, 6.07) is 0. The molecule has 0 aliphatic heterocycles. The van der Waals surface area contributed by atoms with Crippen molar-refractivity contribution in [1.82, 2.24) is 0 Å². The Morgan fingerprint density at radius 2 is 2.40 bits per heavy atom. The van der Waals surface area contributed by atoms with Gasteiger partial charge in [0.15, 0.2) is 0 Å². The minimum Gasteiger partial charge on any atom is -0.402 e. The van der Waals surface area contributed by atoms with Gasteiger partial charge in [-0.05, 0) is 25.7 Å². The highest BCUT2D eigenvalue weighted by atomic mass is 16.3. The third-order valence-electron chi connectivity index (χ3n) is 2.38. The zero-order valence-electron chi connectivity index (χ0n) is 6.59. The minimum absolute atomic E-state index is 0.289. The molecule has 0 aromatic rings. The molecule has 0 radical (unpaired) electrons. The molecule has 0 aromatic carbocycles. The summed E-state index contributed by atoms with van der Waals surface area (Å²) in [5.41, 5.74) is 5.97. The van der Waals surface area contributed by atoms with Crippen molar-refractivity contribution < 1.29 is 5.11 Å². The lowest BCUT2D eigenvalue weighted by Crippen LogP contribution is -2.35. The normalized spacial score (nSPS) is 41.1. The molecule has 10 heavy (non-hydrogen) atoms.